The van der Waals surface area contributed by atoms with E-state index in [1.807, 2.05) is 25.1 Å². The number of aryl methyl sites for hydroxylation is 1. The molecule has 112 valence electrons. The second-order valence-corrected chi connectivity index (χ2v) is 5.96. The molecule has 4 nitrogen and oxygen atoms in total. The van der Waals surface area contributed by atoms with Crippen LogP contribution in [0.2, 0.25) is 0 Å². The topological polar surface area (TPSA) is 51.0 Å². The summed E-state index contributed by atoms with van der Waals surface area (Å²) in [4.78, 5) is 4.34. The van der Waals surface area contributed by atoms with Crippen LogP contribution in [0.4, 0.5) is 5.69 Å². The maximum absolute atomic E-state index is 5.31. The minimum absolute atomic E-state index is 0.554. The standard InChI is InChI=1S/C17H23N3O/c1-3-13-8-10-14(11-9-13)19-16-7-5-4-6-15(16)17-18-12(2)20-21-17/h4-7,13-14,19H,3,8-11H2,1-2H3. The maximum Gasteiger partial charge on any atom is 0.260 e. The zero-order valence-electron chi connectivity index (χ0n) is 12.8. The van der Waals surface area contributed by atoms with Gasteiger partial charge in [0, 0.05) is 11.7 Å². The molecule has 0 atom stereocenters. The fourth-order valence-corrected chi connectivity index (χ4v) is 3.14. The third-order valence-electron chi connectivity index (χ3n) is 4.47. The molecule has 1 aliphatic carbocycles. The van der Waals surface area contributed by atoms with Gasteiger partial charge in [-0.25, -0.2) is 0 Å². The van der Waals surface area contributed by atoms with E-state index >= 15 is 0 Å². The molecule has 21 heavy (non-hydrogen) atoms. The first kappa shape index (κ1) is 14.1. The van der Waals surface area contributed by atoms with Gasteiger partial charge in [-0.05, 0) is 50.7 Å². The lowest BCUT2D eigenvalue weighted by Gasteiger charge is -2.29. The zero-order chi connectivity index (χ0) is 14.7. The summed E-state index contributed by atoms with van der Waals surface area (Å²) in [5.74, 6) is 2.18. The number of aromatic nitrogens is 2. The van der Waals surface area contributed by atoms with E-state index in [0.29, 0.717) is 17.8 Å². The van der Waals surface area contributed by atoms with Gasteiger partial charge in [-0.1, -0.05) is 30.6 Å². The van der Waals surface area contributed by atoms with E-state index in [-0.39, 0.29) is 0 Å². The van der Waals surface area contributed by atoms with Gasteiger partial charge in [-0.2, -0.15) is 4.98 Å². The molecule has 1 aromatic heterocycles. The highest BCUT2D eigenvalue weighted by molar-refractivity contribution is 5.72. The Kier molecular flexibility index (Phi) is 4.23. The predicted octanol–water partition coefficient (Wildman–Crippen LogP) is 4.43. The predicted molar refractivity (Wildman–Crippen MR) is 84.1 cm³/mol. The van der Waals surface area contributed by atoms with Gasteiger partial charge in [0.15, 0.2) is 5.82 Å². The molecule has 1 aromatic carbocycles. The summed E-state index contributed by atoms with van der Waals surface area (Å²) in [5.41, 5.74) is 2.09. The largest absolute Gasteiger partial charge is 0.382 e. The highest BCUT2D eigenvalue weighted by atomic mass is 16.5. The summed E-state index contributed by atoms with van der Waals surface area (Å²) in [5, 5.41) is 7.56. The average Bonchev–Trinajstić information content (AvgIpc) is 2.95. The molecule has 1 N–H and O–H groups in total. The Hall–Kier alpha value is -1.84. The highest BCUT2D eigenvalue weighted by Crippen LogP contribution is 2.32. The van der Waals surface area contributed by atoms with Crippen LogP contribution in [0.25, 0.3) is 11.5 Å². The van der Waals surface area contributed by atoms with Crippen LogP contribution < -0.4 is 5.32 Å². The summed E-state index contributed by atoms with van der Waals surface area (Å²) in [7, 11) is 0. The van der Waals surface area contributed by atoms with E-state index < -0.39 is 0 Å². The molecule has 2 aromatic rings. The van der Waals surface area contributed by atoms with Gasteiger partial charge < -0.3 is 9.84 Å². The molecule has 1 saturated carbocycles. The molecule has 0 radical (unpaired) electrons. The number of hydrogen-bond donors (Lipinski definition) is 1. The number of rotatable bonds is 4. The SMILES string of the molecule is CCC1CCC(Nc2ccccc2-c2nc(C)no2)CC1. The van der Waals surface area contributed by atoms with Gasteiger partial charge in [0.25, 0.3) is 5.89 Å². The summed E-state index contributed by atoms with van der Waals surface area (Å²) in [6, 6.07) is 8.74. The number of anilines is 1. The first-order chi connectivity index (χ1) is 10.3. The molecule has 1 aliphatic rings. The van der Waals surface area contributed by atoms with Crippen molar-refractivity contribution in [2.45, 2.75) is 52.0 Å². The molecule has 3 rings (SSSR count). The van der Waals surface area contributed by atoms with Crippen molar-refractivity contribution < 1.29 is 4.52 Å². The van der Waals surface area contributed by atoms with Crippen molar-refractivity contribution in [3.8, 4) is 11.5 Å². The van der Waals surface area contributed by atoms with Crippen molar-refractivity contribution in [1.82, 2.24) is 10.1 Å². The summed E-state index contributed by atoms with van der Waals surface area (Å²) in [6.07, 6.45) is 6.46. The van der Waals surface area contributed by atoms with Gasteiger partial charge in [0.2, 0.25) is 0 Å². The number of nitrogens with zero attached hydrogens (tertiary/aromatic N) is 2. The van der Waals surface area contributed by atoms with Crippen molar-refractivity contribution in [2.24, 2.45) is 5.92 Å². The Morgan fingerprint density at radius 3 is 2.62 bits per heavy atom. The highest BCUT2D eigenvalue weighted by Gasteiger charge is 2.21. The Morgan fingerprint density at radius 2 is 1.95 bits per heavy atom. The lowest BCUT2D eigenvalue weighted by atomic mass is 9.84. The van der Waals surface area contributed by atoms with E-state index in [0.717, 1.165) is 17.2 Å². The van der Waals surface area contributed by atoms with Gasteiger partial charge in [0.1, 0.15) is 0 Å². The monoisotopic (exact) mass is 285 g/mol. The molecule has 0 amide bonds. The minimum atomic E-state index is 0.554. The van der Waals surface area contributed by atoms with Crippen LogP contribution in [0.15, 0.2) is 28.8 Å². The fourth-order valence-electron chi connectivity index (χ4n) is 3.14. The normalized spacial score (nSPS) is 22.2. The Labute approximate surface area is 126 Å². The molecule has 0 saturated heterocycles. The van der Waals surface area contributed by atoms with Crippen molar-refractivity contribution >= 4 is 5.69 Å². The number of para-hydroxylation sites is 1. The molecular formula is C17H23N3O. The zero-order valence-corrected chi connectivity index (χ0v) is 12.8. The van der Waals surface area contributed by atoms with Crippen LogP contribution in [0.5, 0.6) is 0 Å². The van der Waals surface area contributed by atoms with E-state index in [1.165, 1.54) is 32.1 Å². The average molecular weight is 285 g/mol. The quantitative estimate of drug-likeness (QED) is 0.903. The van der Waals surface area contributed by atoms with Gasteiger partial charge in [-0.3, -0.25) is 0 Å². The maximum atomic E-state index is 5.31. The summed E-state index contributed by atoms with van der Waals surface area (Å²) < 4.78 is 5.31. The molecule has 0 aliphatic heterocycles. The molecule has 0 bridgehead atoms. The van der Waals surface area contributed by atoms with E-state index in [2.05, 4.69) is 28.4 Å². The van der Waals surface area contributed by atoms with Crippen LogP contribution >= 0.6 is 0 Å². The second-order valence-electron chi connectivity index (χ2n) is 5.96. The van der Waals surface area contributed by atoms with Crippen LogP contribution in [0, 0.1) is 12.8 Å². The number of benzene rings is 1. The first-order valence-corrected chi connectivity index (χ1v) is 7.92. The van der Waals surface area contributed by atoms with Crippen molar-refractivity contribution in [2.75, 3.05) is 5.32 Å². The third kappa shape index (κ3) is 3.26. The van der Waals surface area contributed by atoms with Crippen LogP contribution in [-0.2, 0) is 0 Å². The Morgan fingerprint density at radius 1 is 1.19 bits per heavy atom. The third-order valence-corrected chi connectivity index (χ3v) is 4.47. The molecule has 1 heterocycles. The lowest BCUT2D eigenvalue weighted by Crippen LogP contribution is -2.26. The smallest absolute Gasteiger partial charge is 0.260 e. The molecule has 4 heteroatoms. The summed E-state index contributed by atoms with van der Waals surface area (Å²) in [6.45, 7) is 4.14. The van der Waals surface area contributed by atoms with Gasteiger partial charge in [-0.15, -0.1) is 0 Å². The van der Waals surface area contributed by atoms with E-state index in [4.69, 9.17) is 4.52 Å². The van der Waals surface area contributed by atoms with Crippen LogP contribution in [0.1, 0.15) is 44.9 Å². The van der Waals surface area contributed by atoms with Crippen molar-refractivity contribution in [3.05, 3.63) is 30.1 Å². The second kappa shape index (κ2) is 6.29. The van der Waals surface area contributed by atoms with Gasteiger partial charge >= 0.3 is 0 Å². The fraction of sp³-hybridized carbons (Fsp3) is 0.529. The molecule has 0 unspecified atom stereocenters. The van der Waals surface area contributed by atoms with E-state index in [9.17, 15) is 0 Å². The van der Waals surface area contributed by atoms with Crippen molar-refractivity contribution in [1.29, 1.82) is 0 Å². The first-order valence-electron chi connectivity index (χ1n) is 7.92. The van der Waals surface area contributed by atoms with Crippen LogP contribution in [-0.4, -0.2) is 16.2 Å². The van der Waals surface area contributed by atoms with Crippen molar-refractivity contribution in [3.63, 3.8) is 0 Å². The molecule has 1 fully saturated rings. The van der Waals surface area contributed by atoms with Crippen LogP contribution in [0.3, 0.4) is 0 Å². The number of hydrogen-bond acceptors (Lipinski definition) is 4. The molecular weight excluding hydrogens is 262 g/mol. The minimum Gasteiger partial charge on any atom is -0.382 e. The van der Waals surface area contributed by atoms with E-state index in [1.54, 1.807) is 0 Å². The lowest BCUT2D eigenvalue weighted by molar-refractivity contribution is 0.330. The summed E-state index contributed by atoms with van der Waals surface area (Å²) >= 11 is 0. The number of nitrogens with one attached hydrogen (secondary N) is 1. The van der Waals surface area contributed by atoms with Gasteiger partial charge in [0.05, 0.1) is 5.56 Å². The Bertz CT molecular complexity index is 585. The molecule has 0 spiro atoms. The Balaban J connectivity index is 1.74.